The minimum atomic E-state index is 0.291. The summed E-state index contributed by atoms with van der Waals surface area (Å²) >= 11 is 3.45. The summed E-state index contributed by atoms with van der Waals surface area (Å²) in [6.45, 7) is 6.21. The van der Waals surface area contributed by atoms with E-state index < -0.39 is 0 Å². The summed E-state index contributed by atoms with van der Waals surface area (Å²) < 4.78 is 6.43. The molecule has 2 aromatic rings. The summed E-state index contributed by atoms with van der Waals surface area (Å²) in [5.41, 5.74) is 9.01. The predicted molar refractivity (Wildman–Crippen MR) is 72.9 cm³/mol. The molecule has 0 radical (unpaired) electrons. The van der Waals surface area contributed by atoms with E-state index in [0.29, 0.717) is 11.7 Å². The molecule has 1 aromatic heterocycles. The van der Waals surface area contributed by atoms with Gasteiger partial charge in [-0.3, -0.25) is 0 Å². The summed E-state index contributed by atoms with van der Waals surface area (Å²) in [5.74, 6) is 1.55. The quantitative estimate of drug-likeness (QED) is 0.906. The van der Waals surface area contributed by atoms with Gasteiger partial charge in [-0.1, -0.05) is 34.9 Å². The van der Waals surface area contributed by atoms with E-state index in [9.17, 15) is 0 Å². The first-order valence-corrected chi connectivity index (χ1v) is 6.31. The molecule has 1 heterocycles. The highest BCUT2D eigenvalue weighted by atomic mass is 79.9. The van der Waals surface area contributed by atoms with E-state index in [1.807, 2.05) is 19.1 Å². The third kappa shape index (κ3) is 2.22. The standard InChI is InChI=1S/C13H15BrN2O/c1-7(2)11-12(17-16-13(11)15)10-5-4-9(14)6-8(10)3/h4-7H,1-3H3,(H2,15,16). The molecule has 0 amide bonds. The second-order valence-electron chi connectivity index (χ2n) is 4.42. The Hall–Kier alpha value is -1.29. The molecular formula is C13H15BrN2O. The molecule has 0 bridgehead atoms. The van der Waals surface area contributed by atoms with Crippen LogP contribution in [0.25, 0.3) is 11.3 Å². The van der Waals surface area contributed by atoms with Gasteiger partial charge >= 0.3 is 0 Å². The average molecular weight is 295 g/mol. The Morgan fingerprint density at radius 2 is 2.06 bits per heavy atom. The Bertz CT molecular complexity index is 546. The van der Waals surface area contributed by atoms with Crippen molar-refractivity contribution in [3.05, 3.63) is 33.8 Å². The second kappa shape index (κ2) is 4.53. The maximum atomic E-state index is 5.85. The van der Waals surface area contributed by atoms with E-state index in [0.717, 1.165) is 26.9 Å². The zero-order valence-electron chi connectivity index (χ0n) is 10.1. The monoisotopic (exact) mass is 294 g/mol. The first-order chi connectivity index (χ1) is 8.00. The molecule has 0 aliphatic heterocycles. The molecule has 2 rings (SSSR count). The Kier molecular flexibility index (Phi) is 3.24. The van der Waals surface area contributed by atoms with Crippen molar-refractivity contribution in [2.75, 3.05) is 5.73 Å². The predicted octanol–water partition coefficient (Wildman–Crippen LogP) is 4.12. The Labute approximate surface area is 109 Å². The molecule has 17 heavy (non-hydrogen) atoms. The highest BCUT2D eigenvalue weighted by Crippen LogP contribution is 2.35. The smallest absolute Gasteiger partial charge is 0.172 e. The lowest BCUT2D eigenvalue weighted by Crippen LogP contribution is -1.95. The van der Waals surface area contributed by atoms with Crippen LogP contribution in [0, 0.1) is 6.92 Å². The highest BCUT2D eigenvalue weighted by Gasteiger charge is 2.19. The van der Waals surface area contributed by atoms with E-state index >= 15 is 0 Å². The Morgan fingerprint density at radius 1 is 1.35 bits per heavy atom. The number of halogens is 1. The average Bonchev–Trinajstić information content (AvgIpc) is 2.60. The van der Waals surface area contributed by atoms with E-state index in [2.05, 4.69) is 41.0 Å². The molecule has 0 aliphatic rings. The van der Waals surface area contributed by atoms with Gasteiger partial charge in [-0.15, -0.1) is 0 Å². The summed E-state index contributed by atoms with van der Waals surface area (Å²) in [6.07, 6.45) is 0. The van der Waals surface area contributed by atoms with E-state index in [1.165, 1.54) is 0 Å². The molecule has 2 N–H and O–H groups in total. The van der Waals surface area contributed by atoms with Crippen LogP contribution in [0.1, 0.15) is 30.9 Å². The lowest BCUT2D eigenvalue weighted by molar-refractivity contribution is 0.434. The van der Waals surface area contributed by atoms with Gasteiger partial charge in [0.2, 0.25) is 0 Å². The molecule has 0 fully saturated rings. The fraction of sp³-hybridized carbons (Fsp3) is 0.308. The Balaban J connectivity index is 2.61. The van der Waals surface area contributed by atoms with Crippen molar-refractivity contribution in [3.8, 4) is 11.3 Å². The molecule has 0 spiro atoms. The lowest BCUT2D eigenvalue weighted by atomic mass is 9.97. The van der Waals surface area contributed by atoms with Crippen LogP contribution in [0.4, 0.5) is 5.82 Å². The number of anilines is 1. The van der Waals surface area contributed by atoms with Gasteiger partial charge in [0.05, 0.1) is 0 Å². The summed E-state index contributed by atoms with van der Waals surface area (Å²) in [4.78, 5) is 0. The van der Waals surface area contributed by atoms with Gasteiger partial charge in [0.25, 0.3) is 0 Å². The molecule has 1 aromatic carbocycles. The van der Waals surface area contributed by atoms with Gasteiger partial charge in [-0.25, -0.2) is 0 Å². The van der Waals surface area contributed by atoms with Crippen molar-refractivity contribution in [3.63, 3.8) is 0 Å². The van der Waals surface area contributed by atoms with Crippen LogP contribution in [0.2, 0.25) is 0 Å². The highest BCUT2D eigenvalue weighted by molar-refractivity contribution is 9.10. The van der Waals surface area contributed by atoms with Crippen LogP contribution in [0.5, 0.6) is 0 Å². The van der Waals surface area contributed by atoms with Gasteiger partial charge < -0.3 is 10.3 Å². The van der Waals surface area contributed by atoms with Crippen molar-refractivity contribution in [1.29, 1.82) is 0 Å². The fourth-order valence-electron chi connectivity index (χ4n) is 1.94. The molecule has 0 atom stereocenters. The van der Waals surface area contributed by atoms with Gasteiger partial charge in [-0.05, 0) is 36.6 Å². The van der Waals surface area contributed by atoms with E-state index in [-0.39, 0.29) is 0 Å². The number of aryl methyl sites for hydroxylation is 1. The molecule has 90 valence electrons. The zero-order chi connectivity index (χ0) is 12.6. The number of benzene rings is 1. The van der Waals surface area contributed by atoms with Crippen LogP contribution >= 0.6 is 15.9 Å². The largest absolute Gasteiger partial charge is 0.381 e. The van der Waals surface area contributed by atoms with Gasteiger partial charge in [0.1, 0.15) is 0 Å². The fourth-order valence-corrected chi connectivity index (χ4v) is 2.42. The van der Waals surface area contributed by atoms with E-state index in [1.54, 1.807) is 0 Å². The van der Waals surface area contributed by atoms with E-state index in [4.69, 9.17) is 10.3 Å². The molecule has 4 heteroatoms. The topological polar surface area (TPSA) is 52.0 Å². The minimum absolute atomic E-state index is 0.291. The normalized spacial score (nSPS) is 11.1. The van der Waals surface area contributed by atoms with Crippen LogP contribution in [-0.4, -0.2) is 5.16 Å². The number of aromatic nitrogens is 1. The summed E-state index contributed by atoms with van der Waals surface area (Å²) in [5, 5.41) is 3.87. The first kappa shape index (κ1) is 12.2. The molecule has 0 saturated carbocycles. The number of hydrogen-bond acceptors (Lipinski definition) is 3. The third-order valence-corrected chi connectivity index (χ3v) is 3.26. The van der Waals surface area contributed by atoms with Crippen LogP contribution in [0.3, 0.4) is 0 Å². The maximum Gasteiger partial charge on any atom is 0.172 e. The van der Waals surface area contributed by atoms with Gasteiger partial charge in [0, 0.05) is 15.6 Å². The Morgan fingerprint density at radius 3 is 2.65 bits per heavy atom. The van der Waals surface area contributed by atoms with Crippen LogP contribution < -0.4 is 5.73 Å². The third-order valence-electron chi connectivity index (χ3n) is 2.77. The van der Waals surface area contributed by atoms with Crippen molar-refractivity contribution in [2.24, 2.45) is 0 Å². The van der Waals surface area contributed by atoms with Gasteiger partial charge in [-0.2, -0.15) is 0 Å². The number of hydrogen-bond donors (Lipinski definition) is 1. The first-order valence-electron chi connectivity index (χ1n) is 5.52. The number of nitrogens with zero attached hydrogens (tertiary/aromatic N) is 1. The van der Waals surface area contributed by atoms with Crippen molar-refractivity contribution < 1.29 is 4.52 Å². The number of nitrogens with two attached hydrogens (primary N) is 1. The summed E-state index contributed by atoms with van der Waals surface area (Å²) in [7, 11) is 0. The molecule has 0 aliphatic carbocycles. The van der Waals surface area contributed by atoms with Crippen LogP contribution in [-0.2, 0) is 0 Å². The lowest BCUT2D eigenvalue weighted by Gasteiger charge is -2.08. The maximum absolute atomic E-state index is 5.85. The van der Waals surface area contributed by atoms with Crippen LogP contribution in [0.15, 0.2) is 27.2 Å². The zero-order valence-corrected chi connectivity index (χ0v) is 11.7. The summed E-state index contributed by atoms with van der Waals surface area (Å²) in [6, 6.07) is 6.06. The molecule has 0 unspecified atom stereocenters. The SMILES string of the molecule is Cc1cc(Br)ccc1-c1onc(N)c1C(C)C. The number of rotatable bonds is 2. The second-order valence-corrected chi connectivity index (χ2v) is 5.34. The van der Waals surface area contributed by atoms with Gasteiger partial charge in [0.15, 0.2) is 11.6 Å². The molecular weight excluding hydrogens is 280 g/mol. The minimum Gasteiger partial charge on any atom is -0.381 e. The molecule has 3 nitrogen and oxygen atoms in total. The van der Waals surface area contributed by atoms with Crippen molar-refractivity contribution in [1.82, 2.24) is 5.16 Å². The number of nitrogen functional groups attached to an aromatic ring is 1. The molecule has 0 saturated heterocycles. The van der Waals surface area contributed by atoms with Crippen molar-refractivity contribution in [2.45, 2.75) is 26.7 Å². The van der Waals surface area contributed by atoms with Crippen molar-refractivity contribution >= 4 is 21.7 Å².